The summed E-state index contributed by atoms with van der Waals surface area (Å²) in [6.45, 7) is 10.3. The molecule has 0 bridgehead atoms. The van der Waals surface area contributed by atoms with Crippen LogP contribution >= 0.6 is 0 Å². The second-order valence-electron chi connectivity index (χ2n) is 3.44. The Morgan fingerprint density at radius 2 is 1.73 bits per heavy atom. The smallest absolute Gasteiger partial charge is 0.335 e. The van der Waals surface area contributed by atoms with Gasteiger partial charge < -0.3 is 13.6 Å². The van der Waals surface area contributed by atoms with Gasteiger partial charge in [0.25, 0.3) is 0 Å². The Hall–Kier alpha value is -0.323. The molecule has 0 fully saturated rings. The van der Waals surface area contributed by atoms with Crippen LogP contribution in [0.2, 0.25) is 12.6 Å². The van der Waals surface area contributed by atoms with Crippen LogP contribution < -0.4 is 0 Å². The highest BCUT2D eigenvalue weighted by atomic mass is 28.4. The van der Waals surface area contributed by atoms with Crippen LogP contribution in [0.4, 0.5) is 0 Å². The highest BCUT2D eigenvalue weighted by Gasteiger charge is 2.29. The molecule has 15 heavy (non-hydrogen) atoms. The topological polar surface area (TPSA) is 27.7 Å². The van der Waals surface area contributed by atoms with Crippen LogP contribution in [0.3, 0.4) is 0 Å². The predicted octanol–water partition coefficient (Wildman–Crippen LogP) is 3.07. The third-order valence-electron chi connectivity index (χ3n) is 2.02. The monoisotopic (exact) mass is 232 g/mol. The zero-order valence-corrected chi connectivity index (χ0v) is 11.4. The van der Waals surface area contributed by atoms with E-state index in [0.29, 0.717) is 0 Å². The van der Waals surface area contributed by atoms with Gasteiger partial charge in [0.1, 0.15) is 0 Å². The van der Waals surface area contributed by atoms with E-state index in [1.807, 2.05) is 26.8 Å². The van der Waals surface area contributed by atoms with Crippen LogP contribution in [0.1, 0.15) is 27.2 Å². The van der Waals surface area contributed by atoms with Gasteiger partial charge in [-0.15, -0.1) is 0 Å². The van der Waals surface area contributed by atoms with E-state index in [0.717, 1.165) is 32.3 Å². The van der Waals surface area contributed by atoms with Crippen LogP contribution in [-0.2, 0) is 13.6 Å². The second-order valence-corrected chi connectivity index (χ2v) is 6.79. The maximum Gasteiger partial charge on any atom is 0.335 e. The predicted molar refractivity (Wildman–Crippen MR) is 65.1 cm³/mol. The molecule has 0 aromatic rings. The van der Waals surface area contributed by atoms with Crippen molar-refractivity contribution in [1.29, 1.82) is 0 Å². The summed E-state index contributed by atoms with van der Waals surface area (Å²) in [6, 6.07) is 0.992. The van der Waals surface area contributed by atoms with E-state index in [9.17, 15) is 0 Å². The average molecular weight is 232 g/mol. The van der Waals surface area contributed by atoms with E-state index in [-0.39, 0.29) is 0 Å². The molecule has 90 valence electrons. The van der Waals surface area contributed by atoms with E-state index in [1.54, 1.807) is 6.26 Å². The van der Waals surface area contributed by atoms with Crippen molar-refractivity contribution in [2.24, 2.45) is 0 Å². The summed E-state index contributed by atoms with van der Waals surface area (Å²) in [5, 5.41) is 0. The van der Waals surface area contributed by atoms with Crippen molar-refractivity contribution in [3.63, 3.8) is 0 Å². The third kappa shape index (κ3) is 7.59. The lowest BCUT2D eigenvalue weighted by molar-refractivity contribution is 0.182. The van der Waals surface area contributed by atoms with Gasteiger partial charge in [-0.3, -0.25) is 0 Å². The van der Waals surface area contributed by atoms with Gasteiger partial charge in [-0.1, -0.05) is 6.08 Å². The fourth-order valence-corrected chi connectivity index (χ4v) is 3.82. The Morgan fingerprint density at radius 1 is 1.13 bits per heavy atom. The fraction of sp³-hybridized carbons (Fsp3) is 0.818. The molecule has 3 nitrogen and oxygen atoms in total. The molecule has 0 aromatic carbocycles. The number of rotatable bonds is 9. The number of hydrogen-bond acceptors (Lipinski definition) is 3. The molecule has 4 heteroatoms. The number of hydrogen-bond donors (Lipinski definition) is 0. The van der Waals surface area contributed by atoms with Crippen LogP contribution in [0.5, 0.6) is 0 Å². The molecule has 0 radical (unpaired) electrons. The molecule has 0 amide bonds. The van der Waals surface area contributed by atoms with Crippen molar-refractivity contribution in [2.45, 2.75) is 39.8 Å². The summed E-state index contributed by atoms with van der Waals surface area (Å²) < 4.78 is 16.7. The maximum absolute atomic E-state index is 5.72. The standard InChI is InChI=1S/C11H24O3Si/c1-5-9-12-10-8-11-15(4,13-6-2)14-7-3/h5,9H,6-8,10-11H2,1-4H3. The summed E-state index contributed by atoms with van der Waals surface area (Å²) in [6.07, 6.45) is 4.61. The molecule has 0 saturated heterocycles. The molecule has 0 heterocycles. The molecule has 0 atom stereocenters. The van der Waals surface area contributed by atoms with Gasteiger partial charge in [-0.05, 0) is 39.8 Å². The summed E-state index contributed by atoms with van der Waals surface area (Å²) in [5.74, 6) is 0. The lowest BCUT2D eigenvalue weighted by atomic mass is 10.5. The van der Waals surface area contributed by atoms with Crippen molar-refractivity contribution in [3.05, 3.63) is 12.3 Å². The molecular formula is C11H24O3Si. The van der Waals surface area contributed by atoms with E-state index < -0.39 is 8.56 Å². The first-order valence-electron chi connectivity index (χ1n) is 5.69. The second kappa shape index (κ2) is 8.94. The van der Waals surface area contributed by atoms with Crippen LogP contribution in [-0.4, -0.2) is 28.4 Å². The molecule has 0 aliphatic carbocycles. The SMILES string of the molecule is CC=COCCC[Si](C)(OCC)OCC. The van der Waals surface area contributed by atoms with Gasteiger partial charge in [0.15, 0.2) is 0 Å². The Kier molecular flexibility index (Phi) is 8.75. The van der Waals surface area contributed by atoms with Gasteiger partial charge in [-0.25, -0.2) is 0 Å². The first-order chi connectivity index (χ1) is 7.18. The Morgan fingerprint density at radius 3 is 2.20 bits per heavy atom. The molecule has 0 aliphatic rings. The van der Waals surface area contributed by atoms with Crippen molar-refractivity contribution in [3.8, 4) is 0 Å². The number of ether oxygens (including phenoxy) is 1. The lowest BCUT2D eigenvalue weighted by Crippen LogP contribution is -2.38. The van der Waals surface area contributed by atoms with Crippen LogP contribution in [0.15, 0.2) is 12.3 Å². The van der Waals surface area contributed by atoms with Gasteiger partial charge >= 0.3 is 8.56 Å². The zero-order chi connectivity index (χ0) is 11.6. The van der Waals surface area contributed by atoms with Crippen LogP contribution in [0.25, 0.3) is 0 Å². The minimum Gasteiger partial charge on any atom is -0.502 e. The first kappa shape index (κ1) is 14.7. The molecule has 0 N–H and O–H groups in total. The van der Waals surface area contributed by atoms with E-state index >= 15 is 0 Å². The van der Waals surface area contributed by atoms with Gasteiger partial charge in [0, 0.05) is 13.2 Å². The molecule has 0 spiro atoms. The maximum atomic E-state index is 5.72. The summed E-state index contributed by atoms with van der Waals surface area (Å²) in [4.78, 5) is 0. The molecule has 0 aromatic heterocycles. The van der Waals surface area contributed by atoms with Gasteiger partial charge in [0.05, 0.1) is 12.9 Å². The lowest BCUT2D eigenvalue weighted by Gasteiger charge is -2.25. The number of allylic oxidation sites excluding steroid dienone is 1. The van der Waals surface area contributed by atoms with E-state index in [2.05, 4.69) is 6.55 Å². The Bertz CT molecular complexity index is 165. The van der Waals surface area contributed by atoms with E-state index in [4.69, 9.17) is 13.6 Å². The normalized spacial score (nSPS) is 12.3. The van der Waals surface area contributed by atoms with Crippen molar-refractivity contribution in [1.82, 2.24) is 0 Å². The molecule has 0 saturated carbocycles. The Balaban J connectivity index is 3.74. The quantitative estimate of drug-likeness (QED) is 0.347. The largest absolute Gasteiger partial charge is 0.502 e. The highest BCUT2D eigenvalue weighted by molar-refractivity contribution is 6.66. The van der Waals surface area contributed by atoms with Crippen molar-refractivity contribution < 1.29 is 13.6 Å². The summed E-state index contributed by atoms with van der Waals surface area (Å²) in [5.41, 5.74) is 0. The molecular weight excluding hydrogens is 208 g/mol. The highest BCUT2D eigenvalue weighted by Crippen LogP contribution is 2.15. The average Bonchev–Trinajstić information content (AvgIpc) is 2.18. The minimum absolute atomic E-state index is 0.735. The Labute approximate surface area is 94.7 Å². The van der Waals surface area contributed by atoms with Crippen molar-refractivity contribution in [2.75, 3.05) is 19.8 Å². The van der Waals surface area contributed by atoms with Crippen molar-refractivity contribution >= 4 is 8.56 Å². The molecule has 0 rings (SSSR count). The van der Waals surface area contributed by atoms with Crippen LogP contribution in [0, 0.1) is 0 Å². The first-order valence-corrected chi connectivity index (χ1v) is 8.21. The third-order valence-corrected chi connectivity index (χ3v) is 5.09. The van der Waals surface area contributed by atoms with Gasteiger partial charge in [-0.2, -0.15) is 0 Å². The summed E-state index contributed by atoms with van der Waals surface area (Å²) in [7, 11) is -1.91. The summed E-state index contributed by atoms with van der Waals surface area (Å²) >= 11 is 0. The molecule has 0 aliphatic heterocycles. The zero-order valence-electron chi connectivity index (χ0n) is 10.4. The molecule has 0 unspecified atom stereocenters. The van der Waals surface area contributed by atoms with Gasteiger partial charge in [0.2, 0.25) is 0 Å². The minimum atomic E-state index is -1.91. The fourth-order valence-electron chi connectivity index (χ4n) is 1.44. The van der Waals surface area contributed by atoms with E-state index in [1.165, 1.54) is 0 Å².